The Labute approximate surface area is 99.5 Å². The first-order valence-electron chi connectivity index (χ1n) is 6.96. The Kier molecular flexibility index (Phi) is 5.07. The lowest BCUT2D eigenvalue weighted by Gasteiger charge is -2.37. The molecule has 0 spiro atoms. The van der Waals surface area contributed by atoms with Crippen LogP contribution in [0.2, 0.25) is 0 Å². The molecule has 2 aliphatic rings. The molecule has 1 N–H and O–H groups in total. The molecule has 2 aliphatic heterocycles. The molecular weight excluding hydrogens is 200 g/mol. The summed E-state index contributed by atoms with van der Waals surface area (Å²) in [5, 5.41) is 3.44. The molecule has 3 nitrogen and oxygen atoms in total. The molecule has 2 rings (SSSR count). The second kappa shape index (κ2) is 6.58. The van der Waals surface area contributed by atoms with Crippen molar-refractivity contribution < 1.29 is 4.74 Å². The van der Waals surface area contributed by atoms with Gasteiger partial charge in [0.15, 0.2) is 0 Å². The molecule has 0 aromatic carbocycles. The van der Waals surface area contributed by atoms with E-state index in [-0.39, 0.29) is 0 Å². The Bertz CT molecular complexity index is 186. The van der Waals surface area contributed by atoms with E-state index in [1.807, 2.05) is 0 Å². The van der Waals surface area contributed by atoms with E-state index in [1.54, 1.807) is 0 Å². The largest absolute Gasteiger partial charge is 0.377 e. The van der Waals surface area contributed by atoms with E-state index >= 15 is 0 Å². The fourth-order valence-electron chi connectivity index (χ4n) is 2.92. The van der Waals surface area contributed by atoms with Crippen molar-refractivity contribution in [1.29, 1.82) is 0 Å². The summed E-state index contributed by atoms with van der Waals surface area (Å²) in [6, 6.07) is 0.789. The quantitative estimate of drug-likeness (QED) is 0.788. The van der Waals surface area contributed by atoms with Gasteiger partial charge in [-0.25, -0.2) is 0 Å². The Morgan fingerprint density at radius 1 is 1.19 bits per heavy atom. The molecule has 2 fully saturated rings. The number of piperidine rings is 1. The lowest BCUT2D eigenvalue weighted by Crippen LogP contribution is -2.46. The number of rotatable bonds is 4. The number of nitrogens with one attached hydrogen (secondary N) is 1. The van der Waals surface area contributed by atoms with Gasteiger partial charge in [-0.2, -0.15) is 0 Å². The second-order valence-electron chi connectivity index (χ2n) is 5.06. The van der Waals surface area contributed by atoms with E-state index < -0.39 is 0 Å². The summed E-state index contributed by atoms with van der Waals surface area (Å²) < 4.78 is 5.84. The minimum atomic E-state index is 0.503. The van der Waals surface area contributed by atoms with Crippen molar-refractivity contribution in [2.45, 2.75) is 51.2 Å². The molecule has 0 bridgehead atoms. The van der Waals surface area contributed by atoms with Gasteiger partial charge in [0.1, 0.15) is 0 Å². The number of ether oxygens (including phenoxy) is 1. The normalized spacial score (nSPS) is 28.5. The summed E-state index contributed by atoms with van der Waals surface area (Å²) in [7, 11) is 0. The van der Waals surface area contributed by atoms with Crippen LogP contribution in [-0.2, 0) is 4.74 Å². The fourth-order valence-corrected chi connectivity index (χ4v) is 2.92. The Hall–Kier alpha value is -0.120. The lowest BCUT2D eigenvalue weighted by atomic mass is 10.0. The zero-order chi connectivity index (χ0) is 11.2. The molecular formula is C13H26N2O. The van der Waals surface area contributed by atoms with Crippen LogP contribution in [0.3, 0.4) is 0 Å². The van der Waals surface area contributed by atoms with E-state index in [2.05, 4.69) is 17.1 Å². The van der Waals surface area contributed by atoms with Crippen molar-refractivity contribution in [3.8, 4) is 0 Å². The van der Waals surface area contributed by atoms with Crippen LogP contribution in [0.1, 0.15) is 39.0 Å². The highest BCUT2D eigenvalue weighted by atomic mass is 16.5. The van der Waals surface area contributed by atoms with E-state index in [0.717, 1.165) is 19.2 Å². The SMILES string of the molecule is CCN(CC1CCCCO1)C1CCNCC1. The van der Waals surface area contributed by atoms with Crippen molar-refractivity contribution in [2.24, 2.45) is 0 Å². The van der Waals surface area contributed by atoms with E-state index in [4.69, 9.17) is 4.74 Å². The van der Waals surface area contributed by atoms with Gasteiger partial charge in [-0.1, -0.05) is 6.92 Å². The van der Waals surface area contributed by atoms with Gasteiger partial charge < -0.3 is 10.1 Å². The number of hydrogen-bond donors (Lipinski definition) is 1. The predicted octanol–water partition coefficient (Wildman–Crippen LogP) is 1.63. The minimum Gasteiger partial charge on any atom is -0.377 e. The average molecular weight is 226 g/mol. The average Bonchev–Trinajstić information content (AvgIpc) is 2.38. The molecule has 2 saturated heterocycles. The van der Waals surface area contributed by atoms with Gasteiger partial charge in [-0.15, -0.1) is 0 Å². The number of likely N-dealkylation sites (N-methyl/N-ethyl adjacent to an activating group) is 1. The van der Waals surface area contributed by atoms with Crippen molar-refractivity contribution in [2.75, 3.05) is 32.8 Å². The third-order valence-corrected chi connectivity index (χ3v) is 3.94. The molecule has 16 heavy (non-hydrogen) atoms. The first-order valence-corrected chi connectivity index (χ1v) is 6.96. The Balaban J connectivity index is 1.78. The first kappa shape index (κ1) is 12.3. The van der Waals surface area contributed by atoms with Crippen LogP contribution in [0, 0.1) is 0 Å². The van der Waals surface area contributed by atoms with Gasteiger partial charge in [-0.05, 0) is 51.7 Å². The molecule has 1 unspecified atom stereocenters. The van der Waals surface area contributed by atoms with Crippen molar-refractivity contribution in [3.05, 3.63) is 0 Å². The maximum Gasteiger partial charge on any atom is 0.0702 e. The summed E-state index contributed by atoms with van der Waals surface area (Å²) in [5.74, 6) is 0. The van der Waals surface area contributed by atoms with Crippen molar-refractivity contribution in [1.82, 2.24) is 10.2 Å². The maximum absolute atomic E-state index is 5.84. The highest BCUT2D eigenvalue weighted by molar-refractivity contribution is 4.79. The van der Waals surface area contributed by atoms with E-state index in [1.165, 1.54) is 51.7 Å². The minimum absolute atomic E-state index is 0.503. The highest BCUT2D eigenvalue weighted by Gasteiger charge is 2.23. The van der Waals surface area contributed by atoms with Gasteiger partial charge in [0.2, 0.25) is 0 Å². The maximum atomic E-state index is 5.84. The van der Waals surface area contributed by atoms with Crippen LogP contribution in [-0.4, -0.2) is 49.8 Å². The van der Waals surface area contributed by atoms with Crippen molar-refractivity contribution >= 4 is 0 Å². The molecule has 94 valence electrons. The zero-order valence-corrected chi connectivity index (χ0v) is 10.6. The van der Waals surface area contributed by atoms with Crippen LogP contribution in [0.15, 0.2) is 0 Å². The Morgan fingerprint density at radius 3 is 2.62 bits per heavy atom. The molecule has 0 aromatic rings. The number of hydrogen-bond acceptors (Lipinski definition) is 3. The Morgan fingerprint density at radius 2 is 2.00 bits per heavy atom. The molecule has 0 radical (unpaired) electrons. The van der Waals surface area contributed by atoms with Gasteiger partial charge in [-0.3, -0.25) is 4.90 Å². The summed E-state index contributed by atoms with van der Waals surface area (Å²) in [6.07, 6.45) is 7.00. The van der Waals surface area contributed by atoms with Crippen LogP contribution < -0.4 is 5.32 Å². The van der Waals surface area contributed by atoms with Crippen LogP contribution >= 0.6 is 0 Å². The topological polar surface area (TPSA) is 24.5 Å². The van der Waals surface area contributed by atoms with E-state index in [0.29, 0.717) is 6.10 Å². The fraction of sp³-hybridized carbons (Fsp3) is 1.00. The third-order valence-electron chi connectivity index (χ3n) is 3.94. The molecule has 1 atom stereocenters. The van der Waals surface area contributed by atoms with Gasteiger partial charge in [0.25, 0.3) is 0 Å². The summed E-state index contributed by atoms with van der Waals surface area (Å²) in [4.78, 5) is 2.64. The van der Waals surface area contributed by atoms with Crippen LogP contribution in [0.25, 0.3) is 0 Å². The lowest BCUT2D eigenvalue weighted by molar-refractivity contribution is -0.0152. The first-order chi connectivity index (χ1) is 7.90. The van der Waals surface area contributed by atoms with E-state index in [9.17, 15) is 0 Å². The molecule has 0 saturated carbocycles. The monoisotopic (exact) mass is 226 g/mol. The zero-order valence-electron chi connectivity index (χ0n) is 10.6. The van der Waals surface area contributed by atoms with Gasteiger partial charge in [0.05, 0.1) is 6.10 Å². The standard InChI is InChI=1S/C13H26N2O/c1-2-15(12-6-8-14-9-7-12)11-13-5-3-4-10-16-13/h12-14H,2-11H2,1H3. The third kappa shape index (κ3) is 3.44. The van der Waals surface area contributed by atoms with Gasteiger partial charge in [0, 0.05) is 19.2 Å². The summed E-state index contributed by atoms with van der Waals surface area (Å²) >= 11 is 0. The molecule has 0 aliphatic carbocycles. The van der Waals surface area contributed by atoms with Crippen LogP contribution in [0.4, 0.5) is 0 Å². The molecule has 3 heteroatoms. The van der Waals surface area contributed by atoms with Crippen molar-refractivity contribution in [3.63, 3.8) is 0 Å². The molecule has 0 aromatic heterocycles. The molecule has 0 amide bonds. The molecule has 2 heterocycles. The predicted molar refractivity (Wildman–Crippen MR) is 66.7 cm³/mol. The highest BCUT2D eigenvalue weighted by Crippen LogP contribution is 2.17. The smallest absolute Gasteiger partial charge is 0.0702 e. The second-order valence-corrected chi connectivity index (χ2v) is 5.06. The summed E-state index contributed by atoms with van der Waals surface area (Å²) in [5.41, 5.74) is 0. The van der Waals surface area contributed by atoms with Gasteiger partial charge >= 0.3 is 0 Å². The van der Waals surface area contributed by atoms with Crippen LogP contribution in [0.5, 0.6) is 0 Å². The number of nitrogens with zero attached hydrogens (tertiary/aromatic N) is 1. The summed E-state index contributed by atoms with van der Waals surface area (Å²) in [6.45, 7) is 7.96.